The summed E-state index contributed by atoms with van der Waals surface area (Å²) in [4.78, 5) is 31.4. The lowest BCUT2D eigenvalue weighted by atomic mass is 10.0. The fourth-order valence-corrected chi connectivity index (χ4v) is 1.70. The van der Waals surface area contributed by atoms with Crippen LogP contribution in [0.15, 0.2) is 36.7 Å². The second-order valence-corrected chi connectivity index (χ2v) is 3.91. The van der Waals surface area contributed by atoms with Gasteiger partial charge in [-0.05, 0) is 18.2 Å². The Labute approximate surface area is 114 Å². The summed E-state index contributed by atoms with van der Waals surface area (Å²) in [5, 5.41) is 0. The standard InChI is InChI=1S/C14H11FN2O3/c1-20-12-5-2-4-9(15)13(12)10(18)8-11(19)14-16-6-3-7-17-14/h2-7H,8H2,1H3. The van der Waals surface area contributed by atoms with Crippen LogP contribution >= 0.6 is 0 Å². The highest BCUT2D eigenvalue weighted by Gasteiger charge is 2.21. The van der Waals surface area contributed by atoms with Crippen molar-refractivity contribution in [3.8, 4) is 5.75 Å². The summed E-state index contributed by atoms with van der Waals surface area (Å²) >= 11 is 0. The Balaban J connectivity index is 2.23. The molecule has 20 heavy (non-hydrogen) atoms. The Kier molecular flexibility index (Phi) is 4.14. The first-order valence-electron chi connectivity index (χ1n) is 5.79. The average Bonchev–Trinajstić information content (AvgIpc) is 2.47. The van der Waals surface area contributed by atoms with E-state index in [1.54, 1.807) is 6.07 Å². The van der Waals surface area contributed by atoms with E-state index >= 15 is 0 Å². The third-order valence-electron chi connectivity index (χ3n) is 2.61. The number of nitrogens with zero attached hydrogens (tertiary/aromatic N) is 2. The monoisotopic (exact) mass is 274 g/mol. The van der Waals surface area contributed by atoms with Crippen LogP contribution in [0.4, 0.5) is 4.39 Å². The molecule has 0 N–H and O–H groups in total. The Hall–Kier alpha value is -2.63. The zero-order valence-corrected chi connectivity index (χ0v) is 10.7. The Bertz CT molecular complexity index is 644. The summed E-state index contributed by atoms with van der Waals surface area (Å²) in [5.41, 5.74) is -0.237. The highest BCUT2D eigenvalue weighted by molar-refractivity contribution is 6.13. The van der Waals surface area contributed by atoms with Crippen LogP contribution in [0.25, 0.3) is 0 Å². The molecule has 1 heterocycles. The molecule has 102 valence electrons. The van der Waals surface area contributed by atoms with E-state index in [0.717, 1.165) is 6.07 Å². The number of carbonyl (C=O) groups is 2. The zero-order valence-electron chi connectivity index (χ0n) is 10.7. The minimum absolute atomic E-state index is 0.0730. The molecule has 1 aromatic carbocycles. The molecule has 0 aliphatic heterocycles. The van der Waals surface area contributed by atoms with Crippen LogP contribution < -0.4 is 4.74 Å². The third kappa shape index (κ3) is 2.85. The number of aromatic nitrogens is 2. The fraction of sp³-hybridized carbons (Fsp3) is 0.143. The van der Waals surface area contributed by atoms with Crippen molar-refractivity contribution in [2.45, 2.75) is 6.42 Å². The van der Waals surface area contributed by atoms with Crippen molar-refractivity contribution < 1.29 is 18.7 Å². The van der Waals surface area contributed by atoms with Gasteiger partial charge in [-0.1, -0.05) is 6.07 Å². The molecule has 0 unspecified atom stereocenters. The highest BCUT2D eigenvalue weighted by Crippen LogP contribution is 2.23. The van der Waals surface area contributed by atoms with Crippen molar-refractivity contribution in [3.63, 3.8) is 0 Å². The summed E-state index contributed by atoms with van der Waals surface area (Å²) in [5.74, 6) is -1.94. The van der Waals surface area contributed by atoms with Gasteiger partial charge in [0.15, 0.2) is 11.6 Å². The SMILES string of the molecule is COc1cccc(F)c1C(=O)CC(=O)c1ncccn1. The molecular formula is C14H11FN2O3. The first-order chi connectivity index (χ1) is 9.63. The van der Waals surface area contributed by atoms with Gasteiger partial charge in [0.25, 0.3) is 0 Å². The number of rotatable bonds is 5. The van der Waals surface area contributed by atoms with Gasteiger partial charge in [-0.25, -0.2) is 14.4 Å². The van der Waals surface area contributed by atoms with Crippen molar-refractivity contribution in [2.75, 3.05) is 7.11 Å². The predicted octanol–water partition coefficient (Wildman–Crippen LogP) is 2.08. The van der Waals surface area contributed by atoms with E-state index in [-0.39, 0.29) is 17.1 Å². The number of carbonyl (C=O) groups excluding carboxylic acids is 2. The average molecular weight is 274 g/mol. The summed E-state index contributed by atoms with van der Waals surface area (Å²) in [6.07, 6.45) is 2.28. The molecule has 0 radical (unpaired) electrons. The molecule has 0 aliphatic carbocycles. The number of halogens is 1. The minimum atomic E-state index is -0.726. The van der Waals surface area contributed by atoms with Gasteiger partial charge in [0, 0.05) is 12.4 Å². The minimum Gasteiger partial charge on any atom is -0.496 e. The number of benzene rings is 1. The van der Waals surface area contributed by atoms with E-state index < -0.39 is 23.8 Å². The van der Waals surface area contributed by atoms with Crippen LogP contribution in [0.1, 0.15) is 27.4 Å². The van der Waals surface area contributed by atoms with Crippen molar-refractivity contribution in [1.82, 2.24) is 9.97 Å². The first kappa shape index (κ1) is 13.8. The van der Waals surface area contributed by atoms with Gasteiger partial charge in [-0.15, -0.1) is 0 Å². The van der Waals surface area contributed by atoms with E-state index in [9.17, 15) is 14.0 Å². The number of hydrogen-bond donors (Lipinski definition) is 0. The Morgan fingerprint density at radius 1 is 1.15 bits per heavy atom. The topological polar surface area (TPSA) is 69.2 Å². The Morgan fingerprint density at radius 3 is 2.50 bits per heavy atom. The molecule has 2 aromatic rings. The molecule has 6 heteroatoms. The maximum absolute atomic E-state index is 13.7. The smallest absolute Gasteiger partial charge is 0.207 e. The summed E-state index contributed by atoms with van der Waals surface area (Å²) < 4.78 is 18.6. The van der Waals surface area contributed by atoms with E-state index in [0.29, 0.717) is 0 Å². The van der Waals surface area contributed by atoms with Crippen molar-refractivity contribution in [3.05, 3.63) is 53.9 Å². The number of ether oxygens (including phenoxy) is 1. The van der Waals surface area contributed by atoms with Gasteiger partial charge in [0.2, 0.25) is 5.78 Å². The highest BCUT2D eigenvalue weighted by atomic mass is 19.1. The van der Waals surface area contributed by atoms with E-state index in [1.807, 2.05) is 0 Å². The second kappa shape index (κ2) is 6.01. The van der Waals surface area contributed by atoms with E-state index in [4.69, 9.17) is 4.74 Å². The maximum Gasteiger partial charge on any atom is 0.207 e. The molecule has 0 aliphatic rings. The van der Waals surface area contributed by atoms with Gasteiger partial charge in [-0.3, -0.25) is 9.59 Å². The molecule has 0 saturated carbocycles. The van der Waals surface area contributed by atoms with Crippen molar-refractivity contribution in [1.29, 1.82) is 0 Å². The zero-order chi connectivity index (χ0) is 14.5. The van der Waals surface area contributed by atoms with Crippen LogP contribution in [-0.2, 0) is 0 Å². The molecule has 0 fully saturated rings. The van der Waals surface area contributed by atoms with Crippen LogP contribution in [0.5, 0.6) is 5.75 Å². The molecule has 5 nitrogen and oxygen atoms in total. The van der Waals surface area contributed by atoms with Crippen LogP contribution in [0, 0.1) is 5.82 Å². The summed E-state index contributed by atoms with van der Waals surface area (Å²) in [6, 6.07) is 5.57. The second-order valence-electron chi connectivity index (χ2n) is 3.91. The maximum atomic E-state index is 13.7. The summed E-state index contributed by atoms with van der Waals surface area (Å²) in [7, 11) is 1.33. The molecular weight excluding hydrogens is 263 g/mol. The predicted molar refractivity (Wildman–Crippen MR) is 68.3 cm³/mol. The van der Waals surface area contributed by atoms with Crippen molar-refractivity contribution in [2.24, 2.45) is 0 Å². The first-order valence-corrected chi connectivity index (χ1v) is 5.79. The lowest BCUT2D eigenvalue weighted by Crippen LogP contribution is -2.13. The fourth-order valence-electron chi connectivity index (χ4n) is 1.70. The van der Waals surface area contributed by atoms with Crippen LogP contribution in [-0.4, -0.2) is 28.6 Å². The van der Waals surface area contributed by atoms with E-state index in [1.165, 1.54) is 31.6 Å². The normalized spacial score (nSPS) is 10.1. The van der Waals surface area contributed by atoms with Gasteiger partial charge in [0.1, 0.15) is 11.6 Å². The molecule has 0 atom stereocenters. The quantitative estimate of drug-likeness (QED) is 0.616. The van der Waals surface area contributed by atoms with Gasteiger partial charge < -0.3 is 4.74 Å². The molecule has 0 amide bonds. The molecule has 0 saturated heterocycles. The molecule has 0 bridgehead atoms. The van der Waals surface area contributed by atoms with Crippen molar-refractivity contribution >= 4 is 11.6 Å². The number of Topliss-reactive ketones (excluding diaryl/α,β-unsaturated/α-hetero) is 2. The molecule has 2 rings (SSSR count). The lowest BCUT2D eigenvalue weighted by Gasteiger charge is -2.07. The number of methoxy groups -OCH3 is 1. The van der Waals surface area contributed by atoms with Gasteiger partial charge in [0.05, 0.1) is 19.1 Å². The van der Waals surface area contributed by atoms with E-state index in [2.05, 4.69) is 9.97 Å². The van der Waals surface area contributed by atoms with Crippen LogP contribution in [0.3, 0.4) is 0 Å². The van der Waals surface area contributed by atoms with Gasteiger partial charge >= 0.3 is 0 Å². The summed E-state index contributed by atoms with van der Waals surface area (Å²) in [6.45, 7) is 0. The largest absolute Gasteiger partial charge is 0.496 e. The van der Waals surface area contributed by atoms with Gasteiger partial charge in [-0.2, -0.15) is 0 Å². The lowest BCUT2D eigenvalue weighted by molar-refractivity contribution is 0.0884. The molecule has 1 aromatic heterocycles. The number of ketones is 2. The van der Waals surface area contributed by atoms with Crippen LogP contribution in [0.2, 0.25) is 0 Å². The Morgan fingerprint density at radius 2 is 1.85 bits per heavy atom. The molecule has 0 spiro atoms. The third-order valence-corrected chi connectivity index (χ3v) is 2.61. The number of hydrogen-bond acceptors (Lipinski definition) is 5.